The standard InChI is InChI=1S/C75H145NO5/c1-3-5-7-9-11-13-15-17-18-19-35-39-42-45-49-53-57-61-65-69-75(80)81-70-66-62-58-54-50-46-43-40-37-34-32-30-28-26-24-22-20-21-23-25-27-29-31-33-36-38-41-44-48-52-56-60-64-68-74(79)76-72(71-77)73(78)67-63-59-55-51-47-16-14-12-10-8-6-4-2/h17-18,63,67,72-73,77-78H,3-16,19-62,64-66,68-71H2,1-2H3,(H,76,79)/b18-17-,67-63+. The van der Waals surface area contributed by atoms with E-state index in [9.17, 15) is 19.8 Å². The fraction of sp³-hybridized carbons (Fsp3) is 0.920. The van der Waals surface area contributed by atoms with Gasteiger partial charge in [0, 0.05) is 12.8 Å². The highest BCUT2D eigenvalue weighted by atomic mass is 16.5. The summed E-state index contributed by atoms with van der Waals surface area (Å²) in [6.45, 7) is 4.93. The third-order valence-electron chi connectivity index (χ3n) is 17.5. The van der Waals surface area contributed by atoms with E-state index in [0.717, 1.165) is 38.5 Å². The number of carbonyl (C=O) groups excluding carboxylic acids is 2. The van der Waals surface area contributed by atoms with Gasteiger partial charge in [-0.3, -0.25) is 9.59 Å². The molecule has 0 aliphatic rings. The molecule has 6 nitrogen and oxygen atoms in total. The lowest BCUT2D eigenvalue weighted by molar-refractivity contribution is -0.143. The first-order valence-electron chi connectivity index (χ1n) is 37.1. The molecule has 0 bridgehead atoms. The molecular formula is C75H145NO5. The molecule has 0 spiro atoms. The smallest absolute Gasteiger partial charge is 0.305 e. The second-order valence-electron chi connectivity index (χ2n) is 25.6. The Labute approximate surface area is 507 Å². The molecule has 2 atom stereocenters. The van der Waals surface area contributed by atoms with Crippen LogP contribution in [0.5, 0.6) is 0 Å². The lowest BCUT2D eigenvalue weighted by Gasteiger charge is -2.20. The van der Waals surface area contributed by atoms with Gasteiger partial charge in [-0.1, -0.05) is 372 Å². The van der Waals surface area contributed by atoms with Gasteiger partial charge in [0.1, 0.15) is 0 Å². The number of unbranched alkanes of at least 4 members (excludes halogenated alkanes) is 57. The van der Waals surface area contributed by atoms with Gasteiger partial charge in [0.25, 0.3) is 0 Å². The van der Waals surface area contributed by atoms with Crippen LogP contribution in [-0.2, 0) is 14.3 Å². The van der Waals surface area contributed by atoms with E-state index < -0.39 is 12.1 Å². The van der Waals surface area contributed by atoms with Crippen LogP contribution < -0.4 is 5.32 Å². The van der Waals surface area contributed by atoms with Crippen LogP contribution in [0.3, 0.4) is 0 Å². The average Bonchev–Trinajstić information content (AvgIpc) is 3.47. The monoisotopic (exact) mass is 1140 g/mol. The van der Waals surface area contributed by atoms with Gasteiger partial charge in [0.15, 0.2) is 0 Å². The van der Waals surface area contributed by atoms with E-state index in [2.05, 4.69) is 31.3 Å². The molecule has 81 heavy (non-hydrogen) atoms. The van der Waals surface area contributed by atoms with Crippen LogP contribution in [0.2, 0.25) is 0 Å². The Kier molecular flexibility index (Phi) is 69.4. The molecule has 0 aromatic heterocycles. The topological polar surface area (TPSA) is 95.9 Å². The molecule has 0 saturated heterocycles. The van der Waals surface area contributed by atoms with Crippen LogP contribution in [0.25, 0.3) is 0 Å². The van der Waals surface area contributed by atoms with E-state index >= 15 is 0 Å². The minimum Gasteiger partial charge on any atom is -0.466 e. The fourth-order valence-electron chi connectivity index (χ4n) is 11.8. The van der Waals surface area contributed by atoms with Gasteiger partial charge in [-0.25, -0.2) is 0 Å². The van der Waals surface area contributed by atoms with Gasteiger partial charge >= 0.3 is 5.97 Å². The molecule has 0 saturated carbocycles. The van der Waals surface area contributed by atoms with Crippen LogP contribution in [0.1, 0.15) is 418 Å². The third kappa shape index (κ3) is 67.3. The average molecular weight is 1140 g/mol. The van der Waals surface area contributed by atoms with Crippen molar-refractivity contribution in [3.63, 3.8) is 0 Å². The van der Waals surface area contributed by atoms with Crippen molar-refractivity contribution in [3.05, 3.63) is 24.3 Å². The second kappa shape index (κ2) is 70.8. The van der Waals surface area contributed by atoms with Crippen molar-refractivity contribution in [2.45, 2.75) is 431 Å². The number of rotatable bonds is 70. The van der Waals surface area contributed by atoms with Gasteiger partial charge in [0.05, 0.1) is 25.4 Å². The highest BCUT2D eigenvalue weighted by Crippen LogP contribution is 2.19. The summed E-state index contributed by atoms with van der Waals surface area (Å²) in [4.78, 5) is 24.6. The summed E-state index contributed by atoms with van der Waals surface area (Å²) in [5.41, 5.74) is 0. The molecule has 0 aromatic carbocycles. The first-order valence-corrected chi connectivity index (χ1v) is 37.1. The van der Waals surface area contributed by atoms with Crippen molar-refractivity contribution in [2.24, 2.45) is 0 Å². The lowest BCUT2D eigenvalue weighted by atomic mass is 10.0. The molecule has 6 heteroatoms. The van der Waals surface area contributed by atoms with E-state index in [1.165, 1.54) is 353 Å². The molecule has 0 fully saturated rings. The zero-order chi connectivity index (χ0) is 58.5. The number of hydrogen-bond donors (Lipinski definition) is 3. The zero-order valence-corrected chi connectivity index (χ0v) is 55.0. The Morgan fingerprint density at radius 2 is 0.580 bits per heavy atom. The zero-order valence-electron chi connectivity index (χ0n) is 55.0. The van der Waals surface area contributed by atoms with Gasteiger partial charge in [0.2, 0.25) is 5.91 Å². The quantitative estimate of drug-likeness (QED) is 0.0320. The van der Waals surface area contributed by atoms with E-state index in [-0.39, 0.29) is 18.5 Å². The van der Waals surface area contributed by atoms with Crippen molar-refractivity contribution in [2.75, 3.05) is 13.2 Å². The summed E-state index contributed by atoms with van der Waals surface area (Å²) in [7, 11) is 0. The molecule has 2 unspecified atom stereocenters. The van der Waals surface area contributed by atoms with Crippen molar-refractivity contribution >= 4 is 11.9 Å². The Morgan fingerprint density at radius 1 is 0.333 bits per heavy atom. The number of aliphatic hydroxyl groups excluding tert-OH is 2. The number of carbonyl (C=O) groups is 2. The molecule has 0 heterocycles. The maximum atomic E-state index is 12.5. The summed E-state index contributed by atoms with van der Waals surface area (Å²) in [6.07, 6.45) is 90.0. The minimum atomic E-state index is -0.839. The Morgan fingerprint density at radius 3 is 0.877 bits per heavy atom. The second-order valence-corrected chi connectivity index (χ2v) is 25.6. The first kappa shape index (κ1) is 79.3. The van der Waals surface area contributed by atoms with Gasteiger partial charge in [-0.2, -0.15) is 0 Å². The molecule has 0 rings (SSSR count). The van der Waals surface area contributed by atoms with Crippen LogP contribution in [-0.4, -0.2) is 47.4 Å². The first-order chi connectivity index (χ1) is 40.0. The summed E-state index contributed by atoms with van der Waals surface area (Å²) >= 11 is 0. The Hall–Kier alpha value is -1.66. The Bertz CT molecular complexity index is 1270. The maximum absolute atomic E-state index is 12.5. The molecule has 0 aliphatic heterocycles. The highest BCUT2D eigenvalue weighted by Gasteiger charge is 2.18. The Balaban J connectivity index is 3.30. The van der Waals surface area contributed by atoms with Gasteiger partial charge in [-0.15, -0.1) is 0 Å². The molecule has 0 aliphatic carbocycles. The van der Waals surface area contributed by atoms with E-state index in [4.69, 9.17) is 4.74 Å². The van der Waals surface area contributed by atoms with Crippen molar-refractivity contribution in [1.29, 1.82) is 0 Å². The number of aliphatic hydroxyl groups is 2. The van der Waals surface area contributed by atoms with Crippen LogP contribution >= 0.6 is 0 Å². The summed E-state index contributed by atoms with van der Waals surface area (Å²) in [5, 5.41) is 23.1. The van der Waals surface area contributed by atoms with Gasteiger partial charge in [-0.05, 0) is 57.8 Å². The van der Waals surface area contributed by atoms with Crippen LogP contribution in [0.4, 0.5) is 0 Å². The number of amides is 1. The van der Waals surface area contributed by atoms with E-state index in [0.29, 0.717) is 19.4 Å². The van der Waals surface area contributed by atoms with E-state index in [1.54, 1.807) is 6.08 Å². The van der Waals surface area contributed by atoms with Crippen molar-refractivity contribution in [3.8, 4) is 0 Å². The van der Waals surface area contributed by atoms with Crippen LogP contribution in [0, 0.1) is 0 Å². The molecular weight excluding hydrogens is 995 g/mol. The summed E-state index contributed by atoms with van der Waals surface area (Å²) in [5.74, 6) is -0.0401. The van der Waals surface area contributed by atoms with Gasteiger partial charge < -0.3 is 20.3 Å². The number of nitrogens with one attached hydrogen (secondary N) is 1. The molecule has 3 N–H and O–H groups in total. The van der Waals surface area contributed by atoms with Crippen LogP contribution in [0.15, 0.2) is 24.3 Å². The fourth-order valence-corrected chi connectivity index (χ4v) is 11.8. The third-order valence-corrected chi connectivity index (χ3v) is 17.5. The predicted octanol–water partition coefficient (Wildman–Crippen LogP) is 24.1. The predicted molar refractivity (Wildman–Crippen MR) is 356 cm³/mol. The SMILES string of the molecule is CCCCCCCC/C=C\CCCCCCCCCCCC(=O)OCCCCCCCCCCCCCCCCCCCCCCCCCCCCCCCCCCCC(=O)NC(CO)C(O)/C=C/CCCCCCCCCCCC. The number of ether oxygens (including phenoxy) is 1. The lowest BCUT2D eigenvalue weighted by Crippen LogP contribution is -2.45. The molecule has 0 aromatic rings. The molecule has 480 valence electrons. The van der Waals surface area contributed by atoms with Crippen molar-refractivity contribution in [1.82, 2.24) is 5.32 Å². The number of allylic oxidation sites excluding steroid dienone is 3. The number of hydrogen-bond acceptors (Lipinski definition) is 5. The summed E-state index contributed by atoms with van der Waals surface area (Å²) < 4.78 is 5.52. The molecule has 1 amide bonds. The highest BCUT2D eigenvalue weighted by molar-refractivity contribution is 5.76. The number of esters is 1. The summed E-state index contributed by atoms with van der Waals surface area (Å²) in [6, 6.07) is -0.623. The maximum Gasteiger partial charge on any atom is 0.305 e. The van der Waals surface area contributed by atoms with E-state index in [1.807, 2.05) is 6.08 Å². The molecule has 0 radical (unpaired) electrons. The van der Waals surface area contributed by atoms with Crippen molar-refractivity contribution < 1.29 is 24.5 Å². The largest absolute Gasteiger partial charge is 0.466 e. The minimum absolute atomic E-state index is 0.0218. The normalized spacial score (nSPS) is 12.6.